The number of carbonyl (C=O) groups excluding carboxylic acids is 2. The van der Waals surface area contributed by atoms with E-state index in [1.54, 1.807) is 0 Å². The van der Waals surface area contributed by atoms with E-state index in [2.05, 4.69) is 0 Å². The van der Waals surface area contributed by atoms with Gasteiger partial charge in [0.2, 0.25) is 0 Å². The molecule has 6 heteroatoms. The third kappa shape index (κ3) is 3.54. The molecular weight excluding hydrogens is 309 g/mol. The van der Waals surface area contributed by atoms with Crippen molar-refractivity contribution >= 4 is 29.0 Å². The highest BCUT2D eigenvalue weighted by atomic mass is 35.5. The smallest absolute Gasteiger partial charge is 0.273 e. The van der Waals surface area contributed by atoms with Gasteiger partial charge in [-0.1, -0.05) is 23.7 Å². The van der Waals surface area contributed by atoms with Crippen LogP contribution in [0, 0.1) is 5.82 Å². The Bertz CT molecular complexity index is 610. The van der Waals surface area contributed by atoms with E-state index in [0.29, 0.717) is 18.6 Å². The van der Waals surface area contributed by atoms with E-state index in [-0.39, 0.29) is 23.3 Å². The summed E-state index contributed by atoms with van der Waals surface area (Å²) in [6.45, 7) is 4.53. The molecule has 4 nitrogen and oxygen atoms in total. The Hall–Kier alpha value is -1.72. The van der Waals surface area contributed by atoms with E-state index in [0.717, 1.165) is 4.90 Å². The van der Waals surface area contributed by atoms with Crippen LogP contribution in [0.15, 0.2) is 29.3 Å². The molecule has 0 bridgehead atoms. The molecule has 118 valence electrons. The Morgan fingerprint density at radius 3 is 2.41 bits per heavy atom. The van der Waals surface area contributed by atoms with Crippen LogP contribution in [0.1, 0.15) is 25.8 Å². The normalized spacial score (nSPS) is 15.4. The van der Waals surface area contributed by atoms with Crippen LogP contribution in [-0.2, 0) is 14.3 Å². The van der Waals surface area contributed by atoms with E-state index < -0.39 is 17.6 Å². The number of nitrogens with zero attached hydrogens (tertiary/aromatic N) is 1. The molecule has 0 aliphatic carbocycles. The summed E-state index contributed by atoms with van der Waals surface area (Å²) in [5.74, 6) is -1.39. The number of halogens is 2. The predicted octanol–water partition coefficient (Wildman–Crippen LogP) is 2.96. The summed E-state index contributed by atoms with van der Waals surface area (Å²) in [4.78, 5) is 25.6. The Morgan fingerprint density at radius 2 is 1.82 bits per heavy atom. The van der Waals surface area contributed by atoms with Crippen molar-refractivity contribution in [3.05, 3.63) is 40.7 Å². The Balaban J connectivity index is 2.08. The fourth-order valence-corrected chi connectivity index (χ4v) is 2.45. The number of amides is 2. The van der Waals surface area contributed by atoms with Crippen LogP contribution in [0.4, 0.5) is 4.39 Å². The summed E-state index contributed by atoms with van der Waals surface area (Å²) in [5.41, 5.74) is 0.558. The van der Waals surface area contributed by atoms with Crippen molar-refractivity contribution in [3.63, 3.8) is 0 Å². The zero-order valence-corrected chi connectivity index (χ0v) is 13.2. The van der Waals surface area contributed by atoms with Crippen LogP contribution in [0.25, 0.3) is 5.57 Å². The maximum Gasteiger partial charge on any atom is 0.273 e. The average molecular weight is 326 g/mol. The molecule has 1 aliphatic rings. The molecule has 0 saturated heterocycles. The minimum Gasteiger partial charge on any atom is -0.379 e. The van der Waals surface area contributed by atoms with Crippen LogP contribution < -0.4 is 0 Å². The number of carbonyl (C=O) groups is 2. The number of hydrogen-bond donors (Lipinski definition) is 0. The van der Waals surface area contributed by atoms with Gasteiger partial charge in [0.15, 0.2) is 0 Å². The molecule has 2 amide bonds. The van der Waals surface area contributed by atoms with Gasteiger partial charge in [-0.05, 0) is 38.0 Å². The lowest BCUT2D eigenvalue weighted by atomic mass is 10.1. The number of hydrogen-bond acceptors (Lipinski definition) is 3. The monoisotopic (exact) mass is 325 g/mol. The molecule has 1 aromatic carbocycles. The lowest BCUT2D eigenvalue weighted by Crippen LogP contribution is -2.33. The molecule has 0 spiro atoms. The van der Waals surface area contributed by atoms with Gasteiger partial charge in [0.05, 0.1) is 11.7 Å². The van der Waals surface area contributed by atoms with Gasteiger partial charge in [-0.25, -0.2) is 4.39 Å². The van der Waals surface area contributed by atoms with Crippen molar-refractivity contribution in [1.29, 1.82) is 0 Å². The fourth-order valence-electron chi connectivity index (χ4n) is 2.16. The summed E-state index contributed by atoms with van der Waals surface area (Å²) >= 11 is 6.00. The second-order valence-electron chi connectivity index (χ2n) is 5.23. The average Bonchev–Trinajstić information content (AvgIpc) is 2.68. The van der Waals surface area contributed by atoms with Crippen molar-refractivity contribution in [2.45, 2.75) is 26.4 Å². The zero-order valence-electron chi connectivity index (χ0n) is 12.4. The first kappa shape index (κ1) is 16.6. The molecule has 0 fully saturated rings. The van der Waals surface area contributed by atoms with E-state index in [4.69, 9.17) is 16.3 Å². The van der Waals surface area contributed by atoms with Crippen LogP contribution >= 0.6 is 11.6 Å². The SMILES string of the molecule is CC(C)OCCCN1C(=O)C(Cl)=C(c2ccc(F)cc2)C1=O. The Labute approximate surface area is 133 Å². The van der Waals surface area contributed by atoms with E-state index in [1.165, 1.54) is 24.3 Å². The van der Waals surface area contributed by atoms with Gasteiger partial charge in [0, 0.05) is 13.2 Å². The van der Waals surface area contributed by atoms with Crippen molar-refractivity contribution in [2.75, 3.05) is 13.2 Å². The van der Waals surface area contributed by atoms with Gasteiger partial charge >= 0.3 is 0 Å². The molecule has 2 rings (SSSR count). The molecule has 1 aliphatic heterocycles. The summed E-state index contributed by atoms with van der Waals surface area (Å²) in [7, 11) is 0. The molecule has 0 N–H and O–H groups in total. The van der Waals surface area contributed by atoms with E-state index in [9.17, 15) is 14.0 Å². The molecule has 1 aromatic rings. The maximum atomic E-state index is 13.0. The van der Waals surface area contributed by atoms with E-state index in [1.807, 2.05) is 13.8 Å². The van der Waals surface area contributed by atoms with Gasteiger partial charge in [-0.15, -0.1) is 0 Å². The van der Waals surface area contributed by atoms with Crippen molar-refractivity contribution in [1.82, 2.24) is 4.90 Å². The van der Waals surface area contributed by atoms with Crippen molar-refractivity contribution < 1.29 is 18.7 Å². The van der Waals surface area contributed by atoms with Gasteiger partial charge in [0.1, 0.15) is 10.8 Å². The molecule has 0 atom stereocenters. The summed E-state index contributed by atoms with van der Waals surface area (Å²) in [6.07, 6.45) is 0.637. The minimum absolute atomic E-state index is 0.0986. The highest BCUT2D eigenvalue weighted by Gasteiger charge is 2.37. The van der Waals surface area contributed by atoms with Crippen molar-refractivity contribution in [3.8, 4) is 0 Å². The second-order valence-corrected chi connectivity index (χ2v) is 5.61. The molecular formula is C16H17ClFNO3. The van der Waals surface area contributed by atoms with Crippen LogP contribution in [0.5, 0.6) is 0 Å². The third-order valence-corrected chi connectivity index (χ3v) is 3.57. The molecule has 0 radical (unpaired) electrons. The maximum absolute atomic E-state index is 13.0. The highest BCUT2D eigenvalue weighted by molar-refractivity contribution is 6.55. The topological polar surface area (TPSA) is 46.6 Å². The first-order chi connectivity index (χ1) is 10.4. The molecule has 22 heavy (non-hydrogen) atoms. The molecule has 0 unspecified atom stereocenters. The van der Waals surface area contributed by atoms with E-state index >= 15 is 0 Å². The number of ether oxygens (including phenoxy) is 1. The fraction of sp³-hybridized carbons (Fsp3) is 0.375. The predicted molar refractivity (Wildman–Crippen MR) is 81.6 cm³/mol. The van der Waals surface area contributed by atoms with Gasteiger partial charge in [-0.2, -0.15) is 0 Å². The van der Waals surface area contributed by atoms with Gasteiger partial charge in [-0.3, -0.25) is 14.5 Å². The lowest BCUT2D eigenvalue weighted by Gasteiger charge is -2.15. The summed E-state index contributed by atoms with van der Waals surface area (Å²) < 4.78 is 18.4. The molecule has 0 saturated carbocycles. The number of imide groups is 1. The van der Waals surface area contributed by atoms with Gasteiger partial charge < -0.3 is 4.74 Å². The Kier molecular flexibility index (Phi) is 5.32. The first-order valence-electron chi connectivity index (χ1n) is 7.05. The number of benzene rings is 1. The molecule has 0 aromatic heterocycles. The highest BCUT2D eigenvalue weighted by Crippen LogP contribution is 2.31. The quantitative estimate of drug-likeness (QED) is 0.597. The number of rotatable bonds is 6. The Morgan fingerprint density at radius 1 is 1.18 bits per heavy atom. The zero-order chi connectivity index (χ0) is 16.3. The van der Waals surface area contributed by atoms with Crippen LogP contribution in [-0.4, -0.2) is 36.0 Å². The standard InChI is InChI=1S/C16H17ClFNO3/c1-10(2)22-9-3-8-19-15(20)13(14(17)16(19)21)11-4-6-12(18)7-5-11/h4-7,10H,3,8-9H2,1-2H3. The molecule has 1 heterocycles. The van der Waals surface area contributed by atoms with Crippen LogP contribution in [0.2, 0.25) is 0 Å². The largest absolute Gasteiger partial charge is 0.379 e. The second kappa shape index (κ2) is 7.03. The third-order valence-electron chi connectivity index (χ3n) is 3.22. The van der Waals surface area contributed by atoms with Crippen LogP contribution in [0.3, 0.4) is 0 Å². The minimum atomic E-state index is -0.518. The van der Waals surface area contributed by atoms with Crippen molar-refractivity contribution in [2.24, 2.45) is 0 Å². The summed E-state index contributed by atoms with van der Waals surface area (Å²) in [5, 5.41) is -0.124. The first-order valence-corrected chi connectivity index (χ1v) is 7.43. The lowest BCUT2D eigenvalue weighted by molar-refractivity contribution is -0.136. The summed E-state index contributed by atoms with van der Waals surface area (Å²) in [6, 6.07) is 5.32. The van der Waals surface area contributed by atoms with Gasteiger partial charge in [0.25, 0.3) is 11.8 Å².